The van der Waals surface area contributed by atoms with Crippen molar-refractivity contribution in [2.75, 3.05) is 4.72 Å². The summed E-state index contributed by atoms with van der Waals surface area (Å²) in [5, 5.41) is 5.19. The molecule has 0 aliphatic rings. The van der Waals surface area contributed by atoms with E-state index in [1.165, 1.54) is 12.1 Å². The first-order valence-electron chi connectivity index (χ1n) is 8.00. The van der Waals surface area contributed by atoms with E-state index >= 15 is 0 Å². The molecule has 3 rings (SSSR count). The molecule has 3 aromatic rings. The maximum absolute atomic E-state index is 12.5. The predicted octanol–water partition coefficient (Wildman–Crippen LogP) is 3.05. The molecule has 0 aromatic heterocycles. The fourth-order valence-corrected chi connectivity index (χ4v) is 4.00. The molecule has 0 heterocycles. The van der Waals surface area contributed by atoms with Crippen LogP contribution in [-0.4, -0.2) is 13.0 Å². The summed E-state index contributed by atoms with van der Waals surface area (Å²) in [7, 11) is -3.92. The second-order valence-electron chi connectivity index (χ2n) is 5.66. The summed E-state index contributed by atoms with van der Waals surface area (Å²) < 4.78 is 44.1. The zero-order chi connectivity index (χ0) is 19.3. The van der Waals surface area contributed by atoms with Crippen molar-refractivity contribution in [1.82, 2.24) is 0 Å². The van der Waals surface area contributed by atoms with Crippen LogP contribution in [0.25, 0.3) is 0 Å². The number of benzene rings is 3. The Labute approximate surface area is 161 Å². The fourth-order valence-electron chi connectivity index (χ4n) is 2.36. The summed E-state index contributed by atoms with van der Waals surface area (Å²) in [6.07, 6.45) is 0. The van der Waals surface area contributed by atoms with Gasteiger partial charge in [0.05, 0.1) is 0 Å². The summed E-state index contributed by atoms with van der Waals surface area (Å²) in [6.45, 7) is 0.434. The van der Waals surface area contributed by atoms with Crippen LogP contribution in [0.5, 0.6) is 5.75 Å². The number of para-hydroxylation sites is 1. The second kappa shape index (κ2) is 8.45. The second-order valence-corrected chi connectivity index (χ2v) is 8.40. The summed E-state index contributed by atoms with van der Waals surface area (Å²) in [5.41, 5.74) is 1.23. The van der Waals surface area contributed by atoms with Gasteiger partial charge < -0.3 is 9.29 Å². The number of anilines is 1. The maximum Gasteiger partial charge on any atom is 0.240 e. The van der Waals surface area contributed by atoms with Gasteiger partial charge in [-0.1, -0.05) is 42.5 Å². The molecule has 0 saturated carbocycles. The lowest BCUT2D eigenvalue weighted by Crippen LogP contribution is -2.18. The van der Waals surface area contributed by atoms with Gasteiger partial charge in [-0.2, -0.15) is 0 Å². The van der Waals surface area contributed by atoms with Gasteiger partial charge in [0.2, 0.25) is 10.0 Å². The quantitative estimate of drug-likeness (QED) is 0.591. The first-order chi connectivity index (χ1) is 12.9. The normalized spacial score (nSPS) is 12.4. The average molecular weight is 402 g/mol. The van der Waals surface area contributed by atoms with Crippen LogP contribution in [0.1, 0.15) is 5.56 Å². The van der Waals surface area contributed by atoms with E-state index in [0.29, 0.717) is 17.3 Å². The van der Waals surface area contributed by atoms with Crippen molar-refractivity contribution in [3.8, 4) is 5.75 Å². The Balaban J connectivity index is 1.67. The number of hydrogen-bond donors (Lipinski definition) is 2. The van der Waals surface area contributed by atoms with Crippen LogP contribution in [-0.2, 0) is 28.0 Å². The Morgan fingerprint density at radius 2 is 1.56 bits per heavy atom. The predicted molar refractivity (Wildman–Crippen MR) is 105 cm³/mol. The van der Waals surface area contributed by atoms with E-state index in [9.17, 15) is 13.0 Å². The molecule has 0 radical (unpaired) electrons. The van der Waals surface area contributed by atoms with Gasteiger partial charge in [-0.15, -0.1) is 0 Å². The lowest BCUT2D eigenvalue weighted by atomic mass is 10.2. The Kier molecular flexibility index (Phi) is 6.02. The smallest absolute Gasteiger partial charge is 0.240 e. The van der Waals surface area contributed by atoms with Crippen LogP contribution in [0.4, 0.5) is 5.69 Å². The zero-order valence-corrected chi connectivity index (χ0v) is 15.9. The Hall–Kier alpha value is -2.52. The van der Waals surface area contributed by atoms with Crippen molar-refractivity contribution in [3.63, 3.8) is 0 Å². The van der Waals surface area contributed by atoms with E-state index < -0.39 is 21.4 Å². The van der Waals surface area contributed by atoms with E-state index in [4.69, 9.17) is 9.88 Å². The zero-order valence-electron chi connectivity index (χ0n) is 14.2. The highest BCUT2D eigenvalue weighted by Crippen LogP contribution is 2.24. The van der Waals surface area contributed by atoms with Crippen LogP contribution < -0.4 is 14.6 Å². The largest absolute Gasteiger partial charge is 0.588 e. The molecule has 0 aliphatic carbocycles. The molecule has 1 atom stereocenters. The number of hydrogen-bond acceptors (Lipinski definition) is 5. The van der Waals surface area contributed by atoms with Crippen LogP contribution >= 0.6 is 0 Å². The molecule has 0 bridgehead atoms. The van der Waals surface area contributed by atoms with Crippen LogP contribution in [0, 0.1) is 0 Å². The van der Waals surface area contributed by atoms with Crippen molar-refractivity contribution in [3.05, 3.63) is 84.4 Å². The Morgan fingerprint density at radius 3 is 2.22 bits per heavy atom. The molecule has 0 fully saturated rings. The van der Waals surface area contributed by atoms with Gasteiger partial charge in [-0.25, -0.2) is 18.3 Å². The molecule has 0 spiro atoms. The molecule has 6 nitrogen and oxygen atoms in total. The van der Waals surface area contributed by atoms with Gasteiger partial charge in [-0.05, 0) is 42.0 Å². The monoisotopic (exact) mass is 402 g/mol. The summed E-state index contributed by atoms with van der Waals surface area (Å²) in [6, 6.07) is 22.5. The standard InChI is InChI=1S/C19H18N2O4S2/c20-27(23,24)19-9-5-4-8-18(19)21-26(22)17-12-10-16(11-13-17)25-14-15-6-2-1-3-7-15/h1-13,21H,14H2,(H2,20,23,24). The van der Waals surface area contributed by atoms with Gasteiger partial charge in [0, 0.05) is 0 Å². The molecule has 3 aromatic carbocycles. The molecule has 0 amide bonds. The van der Waals surface area contributed by atoms with E-state index in [0.717, 1.165) is 5.56 Å². The number of ether oxygens (including phenoxy) is 1. The van der Waals surface area contributed by atoms with Gasteiger partial charge in [0.1, 0.15) is 34.3 Å². The maximum atomic E-state index is 12.5. The van der Waals surface area contributed by atoms with Crippen LogP contribution in [0.2, 0.25) is 0 Å². The molecule has 140 valence electrons. The number of nitrogens with one attached hydrogen (secondary N) is 1. The van der Waals surface area contributed by atoms with E-state index in [1.807, 2.05) is 30.3 Å². The van der Waals surface area contributed by atoms with Crippen molar-refractivity contribution in [1.29, 1.82) is 0 Å². The summed E-state index contributed by atoms with van der Waals surface area (Å²) >= 11 is -1.65. The number of rotatable bonds is 7. The van der Waals surface area contributed by atoms with Gasteiger partial charge in [0.15, 0.2) is 4.90 Å². The number of nitrogens with two attached hydrogens (primary N) is 1. The molecular weight excluding hydrogens is 384 g/mol. The molecular formula is C19H18N2O4S2. The number of sulfonamides is 1. The third-order valence-electron chi connectivity index (χ3n) is 3.68. The molecule has 0 aliphatic heterocycles. The lowest BCUT2D eigenvalue weighted by molar-refractivity contribution is 0.306. The lowest BCUT2D eigenvalue weighted by Gasteiger charge is -2.14. The Bertz CT molecular complexity index is 994. The van der Waals surface area contributed by atoms with Gasteiger partial charge in [0.25, 0.3) is 0 Å². The fraction of sp³-hybridized carbons (Fsp3) is 0.0526. The topological polar surface area (TPSA) is 104 Å². The first-order valence-corrected chi connectivity index (χ1v) is 10.7. The van der Waals surface area contributed by atoms with Gasteiger partial charge in [-0.3, -0.25) is 0 Å². The SMILES string of the molecule is NS(=O)(=O)c1ccccc1N[S+]([O-])c1ccc(OCc2ccccc2)cc1. The summed E-state index contributed by atoms with van der Waals surface area (Å²) in [5.74, 6) is 0.643. The van der Waals surface area contributed by atoms with E-state index in [-0.39, 0.29) is 10.6 Å². The van der Waals surface area contributed by atoms with Gasteiger partial charge >= 0.3 is 0 Å². The highest BCUT2D eigenvalue weighted by Gasteiger charge is 2.19. The van der Waals surface area contributed by atoms with Crippen LogP contribution in [0.15, 0.2) is 88.7 Å². The first kappa shape index (κ1) is 19.2. The molecule has 1 unspecified atom stereocenters. The molecule has 8 heteroatoms. The highest BCUT2D eigenvalue weighted by atomic mass is 32.2. The van der Waals surface area contributed by atoms with E-state index in [2.05, 4.69) is 4.72 Å². The van der Waals surface area contributed by atoms with Crippen LogP contribution in [0.3, 0.4) is 0 Å². The Morgan fingerprint density at radius 1 is 0.926 bits per heavy atom. The number of primary sulfonamides is 1. The van der Waals surface area contributed by atoms with E-state index in [1.54, 1.807) is 36.4 Å². The van der Waals surface area contributed by atoms with Crippen molar-refractivity contribution < 1.29 is 17.7 Å². The highest BCUT2D eigenvalue weighted by molar-refractivity contribution is 7.93. The average Bonchev–Trinajstić information content (AvgIpc) is 2.67. The van der Waals surface area contributed by atoms with Crippen molar-refractivity contribution >= 4 is 27.1 Å². The minimum atomic E-state index is -3.92. The molecule has 3 N–H and O–H groups in total. The van der Waals surface area contributed by atoms with Crippen molar-refractivity contribution in [2.24, 2.45) is 5.14 Å². The minimum Gasteiger partial charge on any atom is -0.588 e. The van der Waals surface area contributed by atoms with Crippen molar-refractivity contribution in [2.45, 2.75) is 16.4 Å². The molecule has 0 saturated heterocycles. The summed E-state index contributed by atoms with van der Waals surface area (Å²) in [4.78, 5) is 0.368. The minimum absolute atomic E-state index is 0.110. The third-order valence-corrected chi connectivity index (χ3v) is 5.76. The molecule has 27 heavy (non-hydrogen) atoms. The third kappa shape index (κ3) is 5.24.